The molecule has 0 aliphatic rings. The van der Waals surface area contributed by atoms with Gasteiger partial charge in [-0.05, 0) is 37.8 Å². The molecule has 0 saturated carbocycles. The van der Waals surface area contributed by atoms with Crippen LogP contribution in [0.2, 0.25) is 0 Å². The van der Waals surface area contributed by atoms with Crippen molar-refractivity contribution >= 4 is 0 Å². The van der Waals surface area contributed by atoms with Gasteiger partial charge >= 0.3 is 0 Å². The zero-order valence-corrected chi connectivity index (χ0v) is 11.9. The largest absolute Gasteiger partial charge is 0.316 e. The number of unbranched alkanes of at least 4 members (excludes halogenated alkanes) is 3. The number of hydrogen-bond acceptors (Lipinski definition) is 1. The fraction of sp³-hybridized carbons (Fsp3) is 0.529. The molecule has 1 heteroatoms. The predicted molar refractivity (Wildman–Crippen MR) is 81.0 cm³/mol. The summed E-state index contributed by atoms with van der Waals surface area (Å²) in [5, 5.41) is 3.47. The van der Waals surface area contributed by atoms with E-state index in [9.17, 15) is 0 Å². The number of hydrogen-bond donors (Lipinski definition) is 1. The van der Waals surface area contributed by atoms with E-state index in [1.807, 2.05) is 6.08 Å². The standard InChI is InChI=1S/C17H27N/c1-4-5-6-7-11-14-17(18-3)15(2)16-12-9-8-10-13-16/h4,8-10,12-13,15,17-18H,1,5-7,11,14H2,2-3H3. The predicted octanol–water partition coefficient (Wildman–Crippen LogP) is 4.51. The molecule has 0 spiro atoms. The zero-order valence-electron chi connectivity index (χ0n) is 11.9. The third-order valence-electron chi connectivity index (χ3n) is 3.72. The summed E-state index contributed by atoms with van der Waals surface area (Å²) in [6.07, 6.45) is 8.31. The summed E-state index contributed by atoms with van der Waals surface area (Å²) in [5.74, 6) is 0.579. The van der Waals surface area contributed by atoms with E-state index in [2.05, 4.69) is 56.2 Å². The molecule has 18 heavy (non-hydrogen) atoms. The van der Waals surface area contributed by atoms with Gasteiger partial charge in [0, 0.05) is 6.04 Å². The molecule has 0 radical (unpaired) electrons. The first kappa shape index (κ1) is 15.0. The Balaban J connectivity index is 2.38. The smallest absolute Gasteiger partial charge is 0.0130 e. The summed E-state index contributed by atoms with van der Waals surface area (Å²) in [4.78, 5) is 0. The van der Waals surface area contributed by atoms with Crippen molar-refractivity contribution in [3.8, 4) is 0 Å². The molecule has 0 bridgehead atoms. The molecule has 0 aliphatic carbocycles. The van der Waals surface area contributed by atoms with Gasteiger partial charge in [0.1, 0.15) is 0 Å². The summed E-state index contributed by atoms with van der Waals surface area (Å²) < 4.78 is 0. The van der Waals surface area contributed by atoms with Crippen molar-refractivity contribution in [3.05, 3.63) is 48.6 Å². The fourth-order valence-corrected chi connectivity index (χ4v) is 2.46. The normalized spacial score (nSPS) is 14.1. The van der Waals surface area contributed by atoms with Crippen LogP contribution in [-0.4, -0.2) is 13.1 Å². The van der Waals surface area contributed by atoms with Crippen LogP contribution in [-0.2, 0) is 0 Å². The molecule has 0 amide bonds. The maximum Gasteiger partial charge on any atom is 0.0130 e. The van der Waals surface area contributed by atoms with Gasteiger partial charge in [-0.15, -0.1) is 6.58 Å². The maximum absolute atomic E-state index is 3.77. The number of nitrogens with one attached hydrogen (secondary N) is 1. The molecule has 0 saturated heterocycles. The highest BCUT2D eigenvalue weighted by Crippen LogP contribution is 2.22. The van der Waals surface area contributed by atoms with Crippen molar-refractivity contribution in [2.75, 3.05) is 7.05 Å². The van der Waals surface area contributed by atoms with Gasteiger partial charge in [0.25, 0.3) is 0 Å². The van der Waals surface area contributed by atoms with Gasteiger partial charge < -0.3 is 5.32 Å². The van der Waals surface area contributed by atoms with E-state index < -0.39 is 0 Å². The molecule has 2 unspecified atom stereocenters. The second kappa shape index (κ2) is 8.93. The minimum absolute atomic E-state index is 0.579. The van der Waals surface area contributed by atoms with Crippen LogP contribution >= 0.6 is 0 Å². The van der Waals surface area contributed by atoms with Gasteiger partial charge in [0.15, 0.2) is 0 Å². The Hall–Kier alpha value is -1.08. The van der Waals surface area contributed by atoms with Crippen LogP contribution < -0.4 is 5.32 Å². The van der Waals surface area contributed by atoms with Gasteiger partial charge in [0.2, 0.25) is 0 Å². The number of allylic oxidation sites excluding steroid dienone is 1. The van der Waals surface area contributed by atoms with Crippen molar-refractivity contribution in [2.24, 2.45) is 0 Å². The Morgan fingerprint density at radius 3 is 2.50 bits per heavy atom. The van der Waals surface area contributed by atoms with Gasteiger partial charge in [-0.2, -0.15) is 0 Å². The van der Waals surface area contributed by atoms with Crippen molar-refractivity contribution < 1.29 is 0 Å². The third-order valence-corrected chi connectivity index (χ3v) is 3.72. The molecular formula is C17H27N. The Bertz CT molecular complexity index is 318. The number of likely N-dealkylation sites (N-methyl/N-ethyl adjacent to an activating group) is 1. The topological polar surface area (TPSA) is 12.0 Å². The van der Waals surface area contributed by atoms with Crippen LogP contribution in [0.25, 0.3) is 0 Å². The lowest BCUT2D eigenvalue weighted by molar-refractivity contribution is 0.434. The Morgan fingerprint density at radius 2 is 1.89 bits per heavy atom. The van der Waals surface area contributed by atoms with Gasteiger partial charge in [0.05, 0.1) is 0 Å². The average Bonchev–Trinajstić information content (AvgIpc) is 2.43. The maximum atomic E-state index is 3.77. The molecule has 1 N–H and O–H groups in total. The summed E-state index contributed by atoms with van der Waals surface area (Å²) in [6, 6.07) is 11.4. The molecule has 0 fully saturated rings. The van der Waals surface area contributed by atoms with E-state index in [-0.39, 0.29) is 0 Å². The highest BCUT2D eigenvalue weighted by Gasteiger charge is 2.16. The van der Waals surface area contributed by atoms with Crippen LogP contribution in [0.3, 0.4) is 0 Å². The van der Waals surface area contributed by atoms with Crippen LogP contribution in [0.4, 0.5) is 0 Å². The van der Waals surface area contributed by atoms with Crippen LogP contribution in [0.1, 0.15) is 50.5 Å². The summed E-state index contributed by atoms with van der Waals surface area (Å²) >= 11 is 0. The second-order valence-corrected chi connectivity index (χ2v) is 5.02. The third kappa shape index (κ3) is 5.05. The van der Waals surface area contributed by atoms with E-state index >= 15 is 0 Å². The molecule has 0 aliphatic heterocycles. The molecule has 100 valence electrons. The first-order chi connectivity index (χ1) is 8.79. The monoisotopic (exact) mass is 245 g/mol. The van der Waals surface area contributed by atoms with E-state index in [1.54, 1.807) is 0 Å². The molecular weight excluding hydrogens is 218 g/mol. The van der Waals surface area contributed by atoms with Gasteiger partial charge in [-0.25, -0.2) is 0 Å². The molecule has 1 aromatic rings. The van der Waals surface area contributed by atoms with Crippen LogP contribution in [0, 0.1) is 0 Å². The summed E-state index contributed by atoms with van der Waals surface area (Å²) in [5.41, 5.74) is 1.43. The Labute approximate surface area is 112 Å². The number of benzene rings is 1. The fourth-order valence-electron chi connectivity index (χ4n) is 2.46. The molecule has 1 aromatic carbocycles. The zero-order chi connectivity index (χ0) is 13.2. The number of rotatable bonds is 9. The van der Waals surface area contributed by atoms with Crippen molar-refractivity contribution in [1.29, 1.82) is 0 Å². The average molecular weight is 245 g/mol. The first-order valence-corrected chi connectivity index (χ1v) is 7.12. The lowest BCUT2D eigenvalue weighted by atomic mass is 9.90. The quantitative estimate of drug-likeness (QED) is 0.498. The Kier molecular flexibility index (Phi) is 7.43. The molecule has 1 rings (SSSR count). The van der Waals surface area contributed by atoms with E-state index in [0.29, 0.717) is 12.0 Å². The van der Waals surface area contributed by atoms with Crippen molar-refractivity contribution in [3.63, 3.8) is 0 Å². The van der Waals surface area contributed by atoms with Crippen molar-refractivity contribution in [2.45, 2.75) is 51.0 Å². The van der Waals surface area contributed by atoms with Gasteiger partial charge in [-0.3, -0.25) is 0 Å². The highest BCUT2D eigenvalue weighted by atomic mass is 14.9. The second-order valence-electron chi connectivity index (χ2n) is 5.02. The Morgan fingerprint density at radius 1 is 1.17 bits per heavy atom. The van der Waals surface area contributed by atoms with E-state index in [1.165, 1.54) is 31.2 Å². The van der Waals surface area contributed by atoms with E-state index in [0.717, 1.165) is 6.42 Å². The van der Waals surface area contributed by atoms with Crippen LogP contribution in [0.5, 0.6) is 0 Å². The SMILES string of the molecule is C=CCCCCCC(NC)C(C)c1ccccc1. The molecule has 1 nitrogen and oxygen atoms in total. The summed E-state index contributed by atoms with van der Waals surface area (Å²) in [6.45, 7) is 6.08. The minimum atomic E-state index is 0.579. The van der Waals surface area contributed by atoms with Crippen LogP contribution in [0.15, 0.2) is 43.0 Å². The molecule has 0 aromatic heterocycles. The summed E-state index contributed by atoms with van der Waals surface area (Å²) in [7, 11) is 2.08. The lowest BCUT2D eigenvalue weighted by Gasteiger charge is -2.24. The van der Waals surface area contributed by atoms with E-state index in [4.69, 9.17) is 0 Å². The van der Waals surface area contributed by atoms with Gasteiger partial charge in [-0.1, -0.05) is 56.2 Å². The highest BCUT2D eigenvalue weighted by molar-refractivity contribution is 5.20. The minimum Gasteiger partial charge on any atom is -0.316 e. The molecule has 2 atom stereocenters. The molecule has 0 heterocycles. The lowest BCUT2D eigenvalue weighted by Crippen LogP contribution is -2.30. The van der Waals surface area contributed by atoms with Crippen molar-refractivity contribution in [1.82, 2.24) is 5.32 Å². The first-order valence-electron chi connectivity index (χ1n) is 7.12.